The molecule has 0 radical (unpaired) electrons. The summed E-state index contributed by atoms with van der Waals surface area (Å²) in [6.45, 7) is 6.31. The number of nitrogens with two attached hydrogens (primary N) is 1. The third-order valence-electron chi connectivity index (χ3n) is 3.50. The van der Waals surface area contributed by atoms with E-state index in [0.29, 0.717) is 5.92 Å². The van der Waals surface area contributed by atoms with Crippen LogP contribution in [0.1, 0.15) is 52.9 Å². The van der Waals surface area contributed by atoms with Crippen molar-refractivity contribution in [3.8, 4) is 6.07 Å². The van der Waals surface area contributed by atoms with Gasteiger partial charge in [0.1, 0.15) is 0 Å². The molecule has 1 fully saturated rings. The lowest BCUT2D eigenvalue weighted by Crippen LogP contribution is -2.28. The van der Waals surface area contributed by atoms with Gasteiger partial charge in [0.15, 0.2) is 0 Å². The Kier molecular flexibility index (Phi) is 3.79. The average Bonchev–Trinajstić information content (AvgIpc) is 2.64. The van der Waals surface area contributed by atoms with Crippen molar-refractivity contribution in [3.05, 3.63) is 11.3 Å². The van der Waals surface area contributed by atoms with Gasteiger partial charge in [-0.3, -0.25) is 0 Å². The summed E-state index contributed by atoms with van der Waals surface area (Å²) in [5, 5.41) is 8.93. The van der Waals surface area contributed by atoms with Crippen LogP contribution >= 0.6 is 0 Å². The van der Waals surface area contributed by atoms with Crippen LogP contribution in [-0.4, -0.2) is 0 Å². The van der Waals surface area contributed by atoms with Gasteiger partial charge < -0.3 is 5.73 Å². The second-order valence-corrected chi connectivity index (χ2v) is 5.24. The fourth-order valence-electron chi connectivity index (χ4n) is 2.87. The van der Waals surface area contributed by atoms with E-state index in [9.17, 15) is 0 Å². The van der Waals surface area contributed by atoms with Crippen molar-refractivity contribution in [2.24, 2.45) is 17.1 Å². The maximum absolute atomic E-state index is 8.93. The Balaban J connectivity index is 2.97. The Morgan fingerprint density at radius 3 is 2.33 bits per heavy atom. The third-order valence-corrected chi connectivity index (χ3v) is 3.50. The van der Waals surface area contributed by atoms with Crippen molar-refractivity contribution in [2.75, 3.05) is 0 Å². The van der Waals surface area contributed by atoms with Crippen molar-refractivity contribution >= 4 is 0 Å². The highest BCUT2D eigenvalue weighted by molar-refractivity contribution is 5.29. The van der Waals surface area contributed by atoms with Gasteiger partial charge in [0.05, 0.1) is 6.07 Å². The highest BCUT2D eigenvalue weighted by atomic mass is 14.7. The number of rotatable bonds is 3. The lowest BCUT2D eigenvalue weighted by molar-refractivity contribution is 0.285. The van der Waals surface area contributed by atoms with Crippen LogP contribution < -0.4 is 5.73 Å². The van der Waals surface area contributed by atoms with Gasteiger partial charge in [-0.2, -0.15) is 5.26 Å². The first-order valence-corrected chi connectivity index (χ1v) is 5.89. The van der Waals surface area contributed by atoms with Gasteiger partial charge in [0, 0.05) is 16.7 Å². The molecule has 0 bridgehead atoms. The topological polar surface area (TPSA) is 49.8 Å². The first-order chi connectivity index (χ1) is 7.02. The van der Waals surface area contributed by atoms with Crippen molar-refractivity contribution in [2.45, 2.75) is 52.9 Å². The molecule has 0 amide bonds. The number of hydrogen-bond acceptors (Lipinski definition) is 2. The molecule has 0 aromatic rings. The van der Waals surface area contributed by atoms with Gasteiger partial charge in [-0.25, -0.2) is 0 Å². The van der Waals surface area contributed by atoms with Crippen LogP contribution in [0.3, 0.4) is 0 Å². The Morgan fingerprint density at radius 1 is 1.40 bits per heavy atom. The molecular weight excluding hydrogens is 184 g/mol. The molecule has 0 aromatic heterocycles. The number of hydrogen-bond donors (Lipinski definition) is 1. The second kappa shape index (κ2) is 4.70. The molecule has 1 saturated carbocycles. The molecule has 1 rings (SSSR count). The van der Waals surface area contributed by atoms with Crippen LogP contribution in [-0.2, 0) is 0 Å². The van der Waals surface area contributed by atoms with E-state index >= 15 is 0 Å². The Labute approximate surface area is 93.2 Å². The van der Waals surface area contributed by atoms with Gasteiger partial charge in [-0.05, 0) is 32.1 Å². The highest BCUT2D eigenvalue weighted by Crippen LogP contribution is 2.47. The third kappa shape index (κ3) is 2.53. The fourth-order valence-corrected chi connectivity index (χ4v) is 2.87. The van der Waals surface area contributed by atoms with Crippen LogP contribution in [0.25, 0.3) is 0 Å². The minimum atomic E-state index is 0.133. The molecule has 0 atom stereocenters. The predicted molar refractivity (Wildman–Crippen MR) is 62.9 cm³/mol. The molecular formula is C13H22N2. The average molecular weight is 206 g/mol. The minimum absolute atomic E-state index is 0.133. The van der Waals surface area contributed by atoms with Crippen LogP contribution in [0.4, 0.5) is 0 Å². The molecule has 15 heavy (non-hydrogen) atoms. The zero-order chi connectivity index (χ0) is 11.5. The van der Waals surface area contributed by atoms with Gasteiger partial charge in [0.2, 0.25) is 0 Å². The quantitative estimate of drug-likeness (QED) is 0.720. The van der Waals surface area contributed by atoms with Gasteiger partial charge >= 0.3 is 0 Å². The summed E-state index contributed by atoms with van der Waals surface area (Å²) < 4.78 is 0. The van der Waals surface area contributed by atoms with Gasteiger partial charge in [-0.1, -0.05) is 26.7 Å². The molecule has 2 nitrogen and oxygen atoms in total. The smallest absolute Gasteiger partial charge is 0.0962 e. The number of nitrogens with zero attached hydrogens (tertiary/aromatic N) is 1. The maximum Gasteiger partial charge on any atom is 0.0962 e. The lowest BCUT2D eigenvalue weighted by atomic mass is 9.75. The second-order valence-electron chi connectivity index (χ2n) is 5.24. The summed E-state index contributed by atoms with van der Waals surface area (Å²) in [6.07, 6.45) is 5.96. The van der Waals surface area contributed by atoms with Crippen molar-refractivity contribution in [1.82, 2.24) is 0 Å². The van der Waals surface area contributed by atoms with E-state index in [4.69, 9.17) is 11.0 Å². The molecule has 1 aliphatic carbocycles. The molecule has 84 valence electrons. The van der Waals surface area contributed by atoms with E-state index < -0.39 is 0 Å². The Morgan fingerprint density at radius 2 is 1.93 bits per heavy atom. The monoisotopic (exact) mass is 206 g/mol. The van der Waals surface area contributed by atoms with Crippen molar-refractivity contribution in [3.63, 3.8) is 0 Å². The first kappa shape index (κ1) is 12.1. The van der Waals surface area contributed by atoms with E-state index in [1.165, 1.54) is 12.8 Å². The van der Waals surface area contributed by atoms with E-state index in [1.807, 2.05) is 6.92 Å². The standard InChI is InChI=1S/C13H22N2/c1-10(2)8-13(6-4-5-7-13)12(15)11(3)9-14/h10H,4-8,15H2,1-3H3. The minimum Gasteiger partial charge on any atom is -0.401 e. The summed E-state index contributed by atoms with van der Waals surface area (Å²) in [6, 6.07) is 2.19. The molecule has 0 spiro atoms. The molecule has 2 N–H and O–H groups in total. The van der Waals surface area contributed by atoms with E-state index in [1.54, 1.807) is 0 Å². The predicted octanol–water partition coefficient (Wildman–Crippen LogP) is 3.35. The van der Waals surface area contributed by atoms with Crippen LogP contribution in [0.2, 0.25) is 0 Å². The Hall–Kier alpha value is -0.970. The van der Waals surface area contributed by atoms with E-state index in [0.717, 1.165) is 30.5 Å². The molecule has 1 aliphatic rings. The molecule has 0 aromatic carbocycles. The summed E-state index contributed by atoms with van der Waals surface area (Å²) in [5.74, 6) is 0.646. The van der Waals surface area contributed by atoms with E-state index in [-0.39, 0.29) is 5.41 Å². The van der Waals surface area contributed by atoms with Crippen LogP contribution in [0, 0.1) is 22.7 Å². The summed E-state index contributed by atoms with van der Waals surface area (Å²) >= 11 is 0. The van der Waals surface area contributed by atoms with Gasteiger partial charge in [0.25, 0.3) is 0 Å². The summed E-state index contributed by atoms with van der Waals surface area (Å²) in [5.41, 5.74) is 7.88. The summed E-state index contributed by atoms with van der Waals surface area (Å²) in [7, 11) is 0. The number of nitriles is 1. The van der Waals surface area contributed by atoms with Crippen molar-refractivity contribution in [1.29, 1.82) is 5.26 Å². The van der Waals surface area contributed by atoms with Gasteiger partial charge in [-0.15, -0.1) is 0 Å². The normalized spacial score (nSPS) is 21.3. The Bertz CT molecular complexity index is 288. The largest absolute Gasteiger partial charge is 0.401 e. The zero-order valence-corrected chi connectivity index (χ0v) is 10.1. The molecule has 0 heterocycles. The van der Waals surface area contributed by atoms with E-state index in [2.05, 4.69) is 19.9 Å². The lowest BCUT2D eigenvalue weighted by Gasteiger charge is -2.32. The molecule has 0 saturated heterocycles. The zero-order valence-electron chi connectivity index (χ0n) is 10.1. The van der Waals surface area contributed by atoms with Crippen molar-refractivity contribution < 1.29 is 0 Å². The SMILES string of the molecule is CC(C#N)=C(N)C1(CC(C)C)CCCC1. The molecule has 2 heteroatoms. The fraction of sp³-hybridized carbons (Fsp3) is 0.769. The van der Waals surface area contributed by atoms with Crippen LogP contribution in [0.5, 0.6) is 0 Å². The number of allylic oxidation sites excluding steroid dienone is 2. The first-order valence-electron chi connectivity index (χ1n) is 5.89. The molecule has 0 unspecified atom stereocenters. The highest BCUT2D eigenvalue weighted by Gasteiger charge is 2.37. The molecule has 0 aliphatic heterocycles. The van der Waals surface area contributed by atoms with Crippen LogP contribution in [0.15, 0.2) is 11.3 Å². The summed E-state index contributed by atoms with van der Waals surface area (Å²) in [4.78, 5) is 0. The maximum atomic E-state index is 8.93.